The molecule has 0 saturated carbocycles. The van der Waals surface area contributed by atoms with E-state index in [0.29, 0.717) is 6.61 Å². The van der Waals surface area contributed by atoms with Gasteiger partial charge in [-0.25, -0.2) is 5.84 Å². The molecule has 1 fully saturated rings. The van der Waals surface area contributed by atoms with Gasteiger partial charge < -0.3 is 9.64 Å². The van der Waals surface area contributed by atoms with Crippen molar-refractivity contribution in [2.24, 2.45) is 5.84 Å². The fourth-order valence-corrected chi connectivity index (χ4v) is 1.60. The zero-order valence-corrected chi connectivity index (χ0v) is 8.32. The molecule has 2 amide bonds. The Morgan fingerprint density at radius 1 is 1.57 bits per heavy atom. The normalized spacial score (nSPS) is 25.9. The summed E-state index contributed by atoms with van der Waals surface area (Å²) in [6.45, 7) is 2.50. The molecule has 14 heavy (non-hydrogen) atoms. The Balaban J connectivity index is 2.60. The first-order valence-corrected chi connectivity index (χ1v) is 4.47. The third kappa shape index (κ3) is 2.02. The van der Waals surface area contributed by atoms with Gasteiger partial charge in [-0.05, 0) is 13.3 Å². The highest BCUT2D eigenvalue weighted by Gasteiger charge is 2.32. The minimum absolute atomic E-state index is 0.0328. The van der Waals surface area contributed by atoms with E-state index in [1.54, 1.807) is 7.05 Å². The third-order valence-corrected chi connectivity index (χ3v) is 2.48. The van der Waals surface area contributed by atoms with E-state index in [-0.39, 0.29) is 12.1 Å². The highest BCUT2D eigenvalue weighted by Crippen LogP contribution is 2.17. The van der Waals surface area contributed by atoms with Crippen molar-refractivity contribution in [2.45, 2.75) is 25.5 Å². The van der Waals surface area contributed by atoms with Gasteiger partial charge in [-0.3, -0.25) is 15.0 Å². The third-order valence-electron chi connectivity index (χ3n) is 2.48. The van der Waals surface area contributed by atoms with Crippen LogP contribution in [0.5, 0.6) is 0 Å². The number of likely N-dealkylation sites (N-methyl/N-ethyl adjacent to an activating group) is 1. The van der Waals surface area contributed by atoms with Crippen LogP contribution in [0, 0.1) is 0 Å². The molecule has 6 nitrogen and oxygen atoms in total. The number of nitrogens with zero attached hydrogens (tertiary/aromatic N) is 1. The number of rotatable bonds is 1. The minimum atomic E-state index is -0.799. The van der Waals surface area contributed by atoms with E-state index in [1.807, 2.05) is 12.3 Å². The van der Waals surface area contributed by atoms with Gasteiger partial charge in [0, 0.05) is 13.7 Å². The molecule has 0 aromatic heterocycles. The average molecular weight is 201 g/mol. The van der Waals surface area contributed by atoms with Crippen LogP contribution in [-0.2, 0) is 14.3 Å². The number of amides is 2. The van der Waals surface area contributed by atoms with Gasteiger partial charge in [-0.15, -0.1) is 0 Å². The summed E-state index contributed by atoms with van der Waals surface area (Å²) in [5.41, 5.74) is 1.81. The maximum absolute atomic E-state index is 11.4. The highest BCUT2D eigenvalue weighted by atomic mass is 16.5. The van der Waals surface area contributed by atoms with Crippen molar-refractivity contribution in [2.75, 3.05) is 13.7 Å². The van der Waals surface area contributed by atoms with Crippen molar-refractivity contribution in [3.8, 4) is 0 Å². The van der Waals surface area contributed by atoms with E-state index < -0.39 is 11.8 Å². The predicted octanol–water partition coefficient (Wildman–Crippen LogP) is -1.39. The molecular formula is C8H15N3O3. The summed E-state index contributed by atoms with van der Waals surface area (Å²) in [6, 6.07) is -0.0419. The van der Waals surface area contributed by atoms with Crippen molar-refractivity contribution in [3.05, 3.63) is 0 Å². The lowest BCUT2D eigenvalue weighted by Gasteiger charge is -2.25. The van der Waals surface area contributed by atoms with Crippen LogP contribution in [0.2, 0.25) is 0 Å². The molecule has 0 aliphatic carbocycles. The number of hydrogen-bond acceptors (Lipinski definition) is 4. The molecule has 1 aliphatic heterocycles. The fraction of sp³-hybridized carbons (Fsp3) is 0.750. The molecule has 0 aromatic rings. The second-order valence-corrected chi connectivity index (χ2v) is 3.32. The Morgan fingerprint density at radius 3 is 2.64 bits per heavy atom. The lowest BCUT2D eigenvalue weighted by atomic mass is 10.1. The summed E-state index contributed by atoms with van der Waals surface area (Å²) in [4.78, 5) is 23.7. The van der Waals surface area contributed by atoms with Crippen molar-refractivity contribution in [1.82, 2.24) is 10.3 Å². The van der Waals surface area contributed by atoms with Gasteiger partial charge in [0.05, 0.1) is 12.1 Å². The molecule has 0 aromatic carbocycles. The van der Waals surface area contributed by atoms with Gasteiger partial charge in [-0.1, -0.05) is 0 Å². The predicted molar refractivity (Wildman–Crippen MR) is 48.9 cm³/mol. The van der Waals surface area contributed by atoms with Crippen molar-refractivity contribution in [1.29, 1.82) is 0 Å². The Morgan fingerprint density at radius 2 is 2.21 bits per heavy atom. The zero-order valence-electron chi connectivity index (χ0n) is 8.32. The largest absolute Gasteiger partial charge is 0.376 e. The summed E-state index contributed by atoms with van der Waals surface area (Å²) in [5, 5.41) is 0. The first kappa shape index (κ1) is 10.9. The number of carbonyl (C=O) groups is 2. The molecule has 1 saturated heterocycles. The average Bonchev–Trinajstić information content (AvgIpc) is 2.61. The molecule has 1 rings (SSSR count). The maximum atomic E-state index is 11.4. The molecule has 2 unspecified atom stereocenters. The van der Waals surface area contributed by atoms with E-state index in [1.165, 1.54) is 4.90 Å². The first-order valence-electron chi connectivity index (χ1n) is 4.47. The Bertz CT molecular complexity index is 244. The van der Waals surface area contributed by atoms with E-state index in [0.717, 1.165) is 6.42 Å². The number of carbonyl (C=O) groups excluding carboxylic acids is 2. The van der Waals surface area contributed by atoms with Crippen LogP contribution >= 0.6 is 0 Å². The molecular weight excluding hydrogens is 186 g/mol. The van der Waals surface area contributed by atoms with Gasteiger partial charge in [0.2, 0.25) is 0 Å². The monoisotopic (exact) mass is 201 g/mol. The van der Waals surface area contributed by atoms with Crippen LogP contribution in [0.15, 0.2) is 0 Å². The van der Waals surface area contributed by atoms with Crippen molar-refractivity contribution < 1.29 is 14.3 Å². The van der Waals surface area contributed by atoms with E-state index in [9.17, 15) is 9.59 Å². The Kier molecular flexibility index (Phi) is 3.43. The lowest BCUT2D eigenvalue weighted by molar-refractivity contribution is -0.146. The summed E-state index contributed by atoms with van der Waals surface area (Å²) >= 11 is 0. The number of ether oxygens (including phenoxy) is 1. The van der Waals surface area contributed by atoms with Gasteiger partial charge >= 0.3 is 11.8 Å². The number of hydrazine groups is 1. The first-order chi connectivity index (χ1) is 6.57. The van der Waals surface area contributed by atoms with Gasteiger partial charge in [0.15, 0.2) is 0 Å². The second-order valence-electron chi connectivity index (χ2n) is 3.32. The van der Waals surface area contributed by atoms with Crippen LogP contribution in [0.3, 0.4) is 0 Å². The zero-order chi connectivity index (χ0) is 10.7. The Hall–Kier alpha value is -1.14. The van der Waals surface area contributed by atoms with Gasteiger partial charge in [-0.2, -0.15) is 0 Å². The second kappa shape index (κ2) is 4.39. The van der Waals surface area contributed by atoms with Crippen molar-refractivity contribution in [3.63, 3.8) is 0 Å². The molecule has 1 aliphatic rings. The van der Waals surface area contributed by atoms with E-state index in [2.05, 4.69) is 0 Å². The van der Waals surface area contributed by atoms with Crippen LogP contribution < -0.4 is 11.3 Å². The van der Waals surface area contributed by atoms with Crippen molar-refractivity contribution >= 4 is 11.8 Å². The molecule has 0 spiro atoms. The van der Waals surface area contributed by atoms with E-state index >= 15 is 0 Å². The van der Waals surface area contributed by atoms with Crippen LogP contribution in [0.4, 0.5) is 0 Å². The van der Waals surface area contributed by atoms with E-state index in [4.69, 9.17) is 10.6 Å². The number of nitrogens with two attached hydrogens (primary N) is 1. The molecule has 0 radical (unpaired) electrons. The minimum Gasteiger partial charge on any atom is -0.376 e. The fourth-order valence-electron chi connectivity index (χ4n) is 1.60. The van der Waals surface area contributed by atoms with Gasteiger partial charge in [0.1, 0.15) is 0 Å². The molecule has 2 atom stereocenters. The van der Waals surface area contributed by atoms with Crippen LogP contribution in [0.1, 0.15) is 13.3 Å². The summed E-state index contributed by atoms with van der Waals surface area (Å²) in [7, 11) is 1.58. The quantitative estimate of drug-likeness (QED) is 0.237. The summed E-state index contributed by atoms with van der Waals surface area (Å²) in [6.07, 6.45) is 0.718. The lowest BCUT2D eigenvalue weighted by Crippen LogP contribution is -2.49. The Labute approximate surface area is 82.3 Å². The maximum Gasteiger partial charge on any atom is 0.323 e. The molecule has 80 valence electrons. The molecule has 3 N–H and O–H groups in total. The molecule has 1 heterocycles. The number of hydrogen-bond donors (Lipinski definition) is 2. The smallest absolute Gasteiger partial charge is 0.323 e. The highest BCUT2D eigenvalue weighted by molar-refractivity contribution is 6.34. The number of nitrogens with one attached hydrogen (secondary N) is 1. The summed E-state index contributed by atoms with van der Waals surface area (Å²) in [5.74, 6) is 3.44. The molecule has 0 bridgehead atoms. The standard InChI is InChI=1S/C8H15N3O3/c1-5-6(3-4-14-5)11(2)8(13)7(12)10-9/h5-6H,3-4,9H2,1-2H3,(H,10,12). The SMILES string of the molecule is CC1OCCC1N(C)C(=O)C(=O)NN. The van der Waals surface area contributed by atoms with Gasteiger partial charge in [0.25, 0.3) is 0 Å². The van der Waals surface area contributed by atoms with Crippen LogP contribution in [-0.4, -0.2) is 42.5 Å². The summed E-state index contributed by atoms with van der Waals surface area (Å²) < 4.78 is 5.29. The van der Waals surface area contributed by atoms with Crippen LogP contribution in [0.25, 0.3) is 0 Å². The molecule has 6 heteroatoms. The topological polar surface area (TPSA) is 84.7 Å².